The highest BCUT2D eigenvalue weighted by atomic mass is 32.1. The van der Waals surface area contributed by atoms with Crippen molar-refractivity contribution >= 4 is 23.3 Å². The number of nitrogens with zero attached hydrogens (tertiary/aromatic N) is 1. The summed E-state index contributed by atoms with van der Waals surface area (Å²) in [6.07, 6.45) is 0. The Morgan fingerprint density at radius 1 is 1.15 bits per heavy atom. The van der Waals surface area contributed by atoms with E-state index >= 15 is 0 Å². The molecule has 0 aliphatic rings. The van der Waals surface area contributed by atoms with E-state index in [9.17, 15) is 13.2 Å². The van der Waals surface area contributed by atoms with Crippen molar-refractivity contribution in [1.82, 2.24) is 9.55 Å². The van der Waals surface area contributed by atoms with Crippen LogP contribution in [0.15, 0.2) is 30.3 Å². The number of imidazole rings is 1. The molecule has 0 unspecified atom stereocenters. The summed E-state index contributed by atoms with van der Waals surface area (Å²) >= 11 is 5.14. The number of rotatable bonds is 1. The summed E-state index contributed by atoms with van der Waals surface area (Å²) in [5, 5.41) is 0. The van der Waals surface area contributed by atoms with Gasteiger partial charge in [-0.1, -0.05) is 12.1 Å². The lowest BCUT2D eigenvalue weighted by Crippen LogP contribution is -2.02. The van der Waals surface area contributed by atoms with Gasteiger partial charge in [0, 0.05) is 12.1 Å². The average molecular weight is 294 g/mol. The smallest absolute Gasteiger partial charge is 0.183 e. The highest BCUT2D eigenvalue weighted by Crippen LogP contribution is 2.26. The summed E-state index contributed by atoms with van der Waals surface area (Å²) in [6, 6.07) is 6.82. The molecule has 2 aromatic carbocycles. The number of para-hydroxylation sites is 1. The first-order chi connectivity index (χ1) is 9.49. The number of aromatic nitrogens is 2. The van der Waals surface area contributed by atoms with Crippen LogP contribution in [0.5, 0.6) is 0 Å². The Bertz CT molecular complexity index is 880. The Morgan fingerprint density at radius 2 is 1.90 bits per heavy atom. The number of aromatic amines is 1. The van der Waals surface area contributed by atoms with Crippen LogP contribution in [0.4, 0.5) is 13.2 Å². The van der Waals surface area contributed by atoms with Crippen molar-refractivity contribution in [3.63, 3.8) is 0 Å². The molecule has 0 saturated heterocycles. The molecule has 0 atom stereocenters. The van der Waals surface area contributed by atoms with Crippen LogP contribution in [-0.2, 0) is 0 Å². The molecular formula is C14H9F3N2S. The molecule has 1 heterocycles. The van der Waals surface area contributed by atoms with E-state index in [1.54, 1.807) is 6.07 Å². The number of hydrogen-bond donors (Lipinski definition) is 1. The van der Waals surface area contributed by atoms with E-state index in [1.807, 2.05) is 19.1 Å². The minimum Gasteiger partial charge on any atom is -0.330 e. The van der Waals surface area contributed by atoms with Crippen molar-refractivity contribution in [3.05, 3.63) is 58.1 Å². The monoisotopic (exact) mass is 294 g/mol. The van der Waals surface area contributed by atoms with Gasteiger partial charge < -0.3 is 4.98 Å². The first-order valence-electron chi connectivity index (χ1n) is 5.84. The first kappa shape index (κ1) is 12.9. The second-order valence-electron chi connectivity index (χ2n) is 4.46. The maximum absolute atomic E-state index is 14.0. The molecule has 1 aromatic heterocycles. The zero-order chi connectivity index (χ0) is 14.4. The van der Waals surface area contributed by atoms with Gasteiger partial charge in [-0.05, 0) is 30.8 Å². The summed E-state index contributed by atoms with van der Waals surface area (Å²) < 4.78 is 42.2. The molecule has 6 heteroatoms. The molecule has 0 aliphatic heterocycles. The van der Waals surface area contributed by atoms with Crippen LogP contribution in [0, 0.1) is 29.1 Å². The van der Waals surface area contributed by atoms with Crippen LogP contribution in [-0.4, -0.2) is 9.55 Å². The number of aryl methyl sites for hydroxylation is 1. The van der Waals surface area contributed by atoms with Crippen LogP contribution in [0.2, 0.25) is 0 Å². The van der Waals surface area contributed by atoms with E-state index in [2.05, 4.69) is 4.98 Å². The standard InChI is InChI=1S/C14H9F3N2S/c1-7-3-2-4-10-13(7)19(14(20)18-10)11-6-8(15)5-9(16)12(11)17/h2-6H,1H3,(H,18,20). The van der Waals surface area contributed by atoms with E-state index in [0.717, 1.165) is 11.6 Å². The fourth-order valence-corrected chi connectivity index (χ4v) is 2.56. The summed E-state index contributed by atoms with van der Waals surface area (Å²) in [6.45, 7) is 1.81. The summed E-state index contributed by atoms with van der Waals surface area (Å²) in [5.74, 6) is -3.24. The lowest BCUT2D eigenvalue weighted by molar-refractivity contribution is 0.491. The maximum atomic E-state index is 14.0. The molecule has 20 heavy (non-hydrogen) atoms. The molecule has 0 saturated carbocycles. The van der Waals surface area contributed by atoms with Gasteiger partial charge in [0.15, 0.2) is 16.4 Å². The summed E-state index contributed by atoms with van der Waals surface area (Å²) in [7, 11) is 0. The van der Waals surface area contributed by atoms with Crippen molar-refractivity contribution < 1.29 is 13.2 Å². The largest absolute Gasteiger partial charge is 0.330 e. The summed E-state index contributed by atoms with van der Waals surface area (Å²) in [5.41, 5.74) is 1.85. The van der Waals surface area contributed by atoms with Gasteiger partial charge in [-0.3, -0.25) is 4.57 Å². The second kappa shape index (κ2) is 4.49. The Hall–Kier alpha value is -2.08. The predicted molar refractivity (Wildman–Crippen MR) is 73.1 cm³/mol. The van der Waals surface area contributed by atoms with Crippen LogP contribution in [0.25, 0.3) is 16.7 Å². The number of H-pyrrole nitrogens is 1. The lowest BCUT2D eigenvalue weighted by atomic mass is 10.2. The third-order valence-electron chi connectivity index (χ3n) is 3.12. The Kier molecular flexibility index (Phi) is 2.90. The Labute approximate surface area is 117 Å². The molecule has 2 nitrogen and oxygen atoms in total. The lowest BCUT2D eigenvalue weighted by Gasteiger charge is -2.08. The van der Waals surface area contributed by atoms with E-state index in [-0.39, 0.29) is 10.5 Å². The topological polar surface area (TPSA) is 20.7 Å². The molecule has 1 N–H and O–H groups in total. The van der Waals surface area contributed by atoms with Gasteiger partial charge in [0.05, 0.1) is 16.7 Å². The fourth-order valence-electron chi connectivity index (χ4n) is 2.26. The fraction of sp³-hybridized carbons (Fsp3) is 0.0714. The van der Waals surface area contributed by atoms with Crippen molar-refractivity contribution in [3.8, 4) is 5.69 Å². The predicted octanol–water partition coefficient (Wildman–Crippen LogP) is 4.41. The minimum absolute atomic E-state index is 0.179. The molecule has 0 aliphatic carbocycles. The Balaban J connectivity index is 2.47. The molecule has 3 rings (SSSR count). The van der Waals surface area contributed by atoms with Gasteiger partial charge in [-0.25, -0.2) is 13.2 Å². The maximum Gasteiger partial charge on any atom is 0.183 e. The van der Waals surface area contributed by atoms with Crippen LogP contribution in [0.3, 0.4) is 0 Å². The highest BCUT2D eigenvalue weighted by Gasteiger charge is 2.16. The van der Waals surface area contributed by atoms with E-state index in [1.165, 1.54) is 4.57 Å². The number of fused-ring (bicyclic) bond motifs is 1. The molecule has 0 amide bonds. The van der Waals surface area contributed by atoms with Crippen LogP contribution >= 0.6 is 12.2 Å². The van der Waals surface area contributed by atoms with Gasteiger partial charge in [-0.2, -0.15) is 0 Å². The van der Waals surface area contributed by atoms with Crippen molar-refractivity contribution in [1.29, 1.82) is 0 Å². The zero-order valence-corrected chi connectivity index (χ0v) is 11.2. The van der Waals surface area contributed by atoms with E-state index < -0.39 is 17.5 Å². The van der Waals surface area contributed by atoms with Crippen LogP contribution < -0.4 is 0 Å². The number of benzene rings is 2. The average Bonchev–Trinajstić information content (AvgIpc) is 2.71. The normalized spacial score (nSPS) is 11.2. The molecular weight excluding hydrogens is 285 g/mol. The van der Waals surface area contributed by atoms with Crippen LogP contribution in [0.1, 0.15) is 5.56 Å². The third kappa shape index (κ3) is 1.84. The van der Waals surface area contributed by atoms with Crippen molar-refractivity contribution in [2.75, 3.05) is 0 Å². The third-order valence-corrected chi connectivity index (χ3v) is 3.41. The van der Waals surface area contributed by atoms with Crippen molar-refractivity contribution in [2.45, 2.75) is 6.92 Å². The molecule has 0 fully saturated rings. The zero-order valence-electron chi connectivity index (χ0n) is 10.4. The van der Waals surface area contributed by atoms with E-state index in [4.69, 9.17) is 12.2 Å². The molecule has 3 aromatic rings. The number of nitrogens with one attached hydrogen (secondary N) is 1. The molecule has 0 bridgehead atoms. The quantitative estimate of drug-likeness (QED) is 0.520. The molecule has 0 radical (unpaired) electrons. The Morgan fingerprint density at radius 3 is 2.65 bits per heavy atom. The number of halogens is 3. The first-order valence-corrected chi connectivity index (χ1v) is 6.25. The minimum atomic E-state index is -1.25. The number of hydrogen-bond acceptors (Lipinski definition) is 1. The molecule has 102 valence electrons. The van der Waals surface area contributed by atoms with Gasteiger partial charge in [0.25, 0.3) is 0 Å². The van der Waals surface area contributed by atoms with Crippen molar-refractivity contribution in [2.24, 2.45) is 0 Å². The van der Waals surface area contributed by atoms with Gasteiger partial charge >= 0.3 is 0 Å². The summed E-state index contributed by atoms with van der Waals surface area (Å²) in [4.78, 5) is 2.90. The van der Waals surface area contributed by atoms with E-state index in [0.29, 0.717) is 17.1 Å². The van der Waals surface area contributed by atoms with Gasteiger partial charge in [0.1, 0.15) is 5.82 Å². The highest BCUT2D eigenvalue weighted by molar-refractivity contribution is 7.71. The van der Waals surface area contributed by atoms with Gasteiger partial charge in [-0.15, -0.1) is 0 Å². The second-order valence-corrected chi connectivity index (χ2v) is 4.84. The SMILES string of the molecule is Cc1cccc2[nH]c(=S)n(-c3cc(F)cc(F)c3F)c12. The molecule has 0 spiro atoms. The van der Waals surface area contributed by atoms with Gasteiger partial charge in [0.2, 0.25) is 0 Å².